The summed E-state index contributed by atoms with van der Waals surface area (Å²) in [5.74, 6) is 0.251. The van der Waals surface area contributed by atoms with Crippen LogP contribution in [0.2, 0.25) is 0 Å². The molecule has 1 N–H and O–H groups in total. The predicted molar refractivity (Wildman–Crippen MR) is 116 cm³/mol. The topological polar surface area (TPSA) is 90.4 Å². The van der Waals surface area contributed by atoms with E-state index in [4.69, 9.17) is 9.05 Å². The van der Waals surface area contributed by atoms with Gasteiger partial charge >= 0.3 is 7.60 Å². The van der Waals surface area contributed by atoms with Crippen LogP contribution in [-0.2, 0) is 19.8 Å². The number of rotatable bonds is 9. The second-order valence-electron chi connectivity index (χ2n) is 6.42. The maximum atomic E-state index is 12.6. The minimum absolute atomic E-state index is 0.178. The third kappa shape index (κ3) is 5.83. The SMILES string of the molecule is CCOP(=O)(Cc1ccc(NC(=O)c2cnc(-c3ccccc3)nc2)cc1)OCC. The highest BCUT2D eigenvalue weighted by Crippen LogP contribution is 2.51. The van der Waals surface area contributed by atoms with E-state index in [2.05, 4.69) is 15.3 Å². The van der Waals surface area contributed by atoms with Crippen molar-refractivity contribution in [3.8, 4) is 11.4 Å². The molecule has 3 aromatic rings. The fourth-order valence-electron chi connectivity index (χ4n) is 2.82. The van der Waals surface area contributed by atoms with Gasteiger partial charge in [-0.3, -0.25) is 9.36 Å². The average Bonchev–Trinajstić information content (AvgIpc) is 2.76. The summed E-state index contributed by atoms with van der Waals surface area (Å²) in [6.07, 6.45) is 3.18. The second kappa shape index (κ2) is 10.3. The van der Waals surface area contributed by atoms with Crippen molar-refractivity contribution in [3.05, 3.63) is 78.1 Å². The average molecular weight is 425 g/mol. The molecule has 8 heteroatoms. The Morgan fingerprint density at radius 2 is 1.53 bits per heavy atom. The maximum absolute atomic E-state index is 12.6. The number of nitrogens with one attached hydrogen (secondary N) is 1. The molecule has 30 heavy (non-hydrogen) atoms. The lowest BCUT2D eigenvalue weighted by Crippen LogP contribution is -2.12. The Kier molecular flexibility index (Phi) is 7.46. The Balaban J connectivity index is 1.63. The minimum Gasteiger partial charge on any atom is -0.322 e. The number of hydrogen-bond acceptors (Lipinski definition) is 6. The van der Waals surface area contributed by atoms with Crippen molar-refractivity contribution < 1.29 is 18.4 Å². The van der Waals surface area contributed by atoms with Crippen LogP contribution in [0.4, 0.5) is 5.69 Å². The molecule has 3 rings (SSSR count). The molecule has 0 saturated carbocycles. The molecule has 0 aliphatic heterocycles. The third-order valence-electron chi connectivity index (χ3n) is 4.19. The summed E-state index contributed by atoms with van der Waals surface area (Å²) in [6.45, 7) is 4.19. The molecular formula is C22H24N3O4P. The van der Waals surface area contributed by atoms with Gasteiger partial charge in [-0.2, -0.15) is 0 Å². The number of hydrogen-bond donors (Lipinski definition) is 1. The van der Waals surface area contributed by atoms with Crippen LogP contribution in [0.15, 0.2) is 67.0 Å². The Hall–Kier alpha value is -2.86. The summed E-state index contributed by atoms with van der Waals surface area (Å²) in [4.78, 5) is 21.0. The molecule has 1 aromatic heterocycles. The van der Waals surface area contributed by atoms with E-state index in [-0.39, 0.29) is 12.1 Å². The van der Waals surface area contributed by atoms with E-state index >= 15 is 0 Å². The highest BCUT2D eigenvalue weighted by Gasteiger charge is 2.23. The standard InChI is InChI=1S/C22H24N3O4P/c1-3-28-30(27,29-4-2)16-17-10-12-20(13-11-17)25-22(26)19-14-23-21(24-15-19)18-8-6-5-7-9-18/h5-15H,3-4,16H2,1-2H3,(H,25,26). The first-order valence-electron chi connectivity index (χ1n) is 9.69. The first-order valence-corrected chi connectivity index (χ1v) is 11.4. The lowest BCUT2D eigenvalue weighted by Gasteiger charge is -2.17. The van der Waals surface area contributed by atoms with Crippen molar-refractivity contribution >= 4 is 19.2 Å². The lowest BCUT2D eigenvalue weighted by atomic mass is 10.2. The van der Waals surface area contributed by atoms with Crippen LogP contribution in [0, 0.1) is 0 Å². The van der Waals surface area contributed by atoms with Gasteiger partial charge in [-0.25, -0.2) is 9.97 Å². The fraction of sp³-hybridized carbons (Fsp3) is 0.227. The van der Waals surface area contributed by atoms with Crippen LogP contribution < -0.4 is 5.32 Å². The Labute approximate surface area is 176 Å². The predicted octanol–water partition coefficient (Wildman–Crippen LogP) is 5.16. The molecule has 1 amide bonds. The van der Waals surface area contributed by atoms with Crippen molar-refractivity contribution in [1.29, 1.82) is 0 Å². The van der Waals surface area contributed by atoms with E-state index in [0.717, 1.165) is 11.1 Å². The van der Waals surface area contributed by atoms with Crippen LogP contribution >= 0.6 is 7.60 Å². The zero-order valence-corrected chi connectivity index (χ0v) is 17.8. The van der Waals surface area contributed by atoms with E-state index in [0.29, 0.717) is 30.3 Å². The third-order valence-corrected chi connectivity index (χ3v) is 6.24. The van der Waals surface area contributed by atoms with E-state index in [1.807, 2.05) is 30.3 Å². The Morgan fingerprint density at radius 1 is 0.933 bits per heavy atom. The van der Waals surface area contributed by atoms with Crippen molar-refractivity contribution in [3.63, 3.8) is 0 Å². The monoisotopic (exact) mass is 425 g/mol. The van der Waals surface area contributed by atoms with Crippen molar-refractivity contribution in [2.45, 2.75) is 20.0 Å². The summed E-state index contributed by atoms with van der Waals surface area (Å²) in [7, 11) is -3.17. The molecule has 0 saturated heterocycles. The van der Waals surface area contributed by atoms with Crippen LogP contribution in [0.1, 0.15) is 29.8 Å². The van der Waals surface area contributed by atoms with Gasteiger partial charge in [0.25, 0.3) is 5.91 Å². The van der Waals surface area contributed by atoms with Gasteiger partial charge in [0.1, 0.15) is 0 Å². The molecule has 156 valence electrons. The molecule has 7 nitrogen and oxygen atoms in total. The van der Waals surface area contributed by atoms with Crippen molar-refractivity contribution in [2.24, 2.45) is 0 Å². The number of carbonyl (C=O) groups excluding carboxylic acids is 1. The summed E-state index contributed by atoms with van der Waals surface area (Å²) in [6, 6.07) is 16.6. The Morgan fingerprint density at radius 3 is 2.10 bits per heavy atom. The van der Waals surface area contributed by atoms with Gasteiger partial charge in [0.05, 0.1) is 24.9 Å². The molecular weight excluding hydrogens is 401 g/mol. The van der Waals surface area contributed by atoms with Gasteiger partial charge in [-0.05, 0) is 31.5 Å². The first-order chi connectivity index (χ1) is 14.5. The summed E-state index contributed by atoms with van der Waals surface area (Å²) < 4.78 is 23.3. The number of amides is 1. The molecule has 0 bridgehead atoms. The van der Waals surface area contributed by atoms with E-state index in [1.54, 1.807) is 38.1 Å². The van der Waals surface area contributed by atoms with Crippen LogP contribution in [0.3, 0.4) is 0 Å². The van der Waals surface area contributed by atoms with Crippen molar-refractivity contribution in [2.75, 3.05) is 18.5 Å². The molecule has 1 heterocycles. The number of carbonyl (C=O) groups is 1. The number of anilines is 1. The van der Waals surface area contributed by atoms with E-state index in [1.165, 1.54) is 12.4 Å². The molecule has 0 unspecified atom stereocenters. The number of aromatic nitrogens is 2. The highest BCUT2D eigenvalue weighted by atomic mass is 31.2. The molecule has 0 fully saturated rings. The van der Waals surface area contributed by atoms with Gasteiger partial charge in [0, 0.05) is 23.6 Å². The molecule has 0 spiro atoms. The van der Waals surface area contributed by atoms with Gasteiger partial charge in [-0.15, -0.1) is 0 Å². The van der Waals surface area contributed by atoms with Gasteiger partial charge in [0.2, 0.25) is 0 Å². The van der Waals surface area contributed by atoms with Crippen LogP contribution in [-0.4, -0.2) is 29.1 Å². The zero-order chi connectivity index (χ0) is 21.4. The smallest absolute Gasteiger partial charge is 0.322 e. The number of benzene rings is 2. The molecule has 0 aliphatic rings. The Bertz CT molecular complexity index is 999. The van der Waals surface area contributed by atoms with Gasteiger partial charge < -0.3 is 14.4 Å². The lowest BCUT2D eigenvalue weighted by molar-refractivity contribution is 0.102. The zero-order valence-electron chi connectivity index (χ0n) is 16.9. The van der Waals surface area contributed by atoms with Gasteiger partial charge in [0.15, 0.2) is 5.82 Å². The first kappa shape index (κ1) is 21.8. The quantitative estimate of drug-likeness (QED) is 0.476. The summed E-state index contributed by atoms with van der Waals surface area (Å²) in [5.41, 5.74) is 2.65. The largest absolute Gasteiger partial charge is 0.335 e. The van der Waals surface area contributed by atoms with Crippen molar-refractivity contribution in [1.82, 2.24) is 9.97 Å². The van der Waals surface area contributed by atoms with Gasteiger partial charge in [-0.1, -0.05) is 42.5 Å². The van der Waals surface area contributed by atoms with E-state index in [9.17, 15) is 9.36 Å². The molecule has 2 aromatic carbocycles. The second-order valence-corrected chi connectivity index (χ2v) is 8.47. The summed E-state index contributed by atoms with van der Waals surface area (Å²) in [5, 5.41) is 2.81. The number of nitrogens with zero attached hydrogens (tertiary/aromatic N) is 2. The fourth-order valence-corrected chi connectivity index (χ4v) is 4.53. The summed E-state index contributed by atoms with van der Waals surface area (Å²) >= 11 is 0. The van der Waals surface area contributed by atoms with Crippen LogP contribution in [0.5, 0.6) is 0 Å². The highest BCUT2D eigenvalue weighted by molar-refractivity contribution is 7.53. The van der Waals surface area contributed by atoms with E-state index < -0.39 is 7.60 Å². The minimum atomic E-state index is -3.17. The molecule has 0 aliphatic carbocycles. The normalized spacial score (nSPS) is 11.3. The molecule has 0 atom stereocenters. The van der Waals surface area contributed by atoms with Crippen LogP contribution in [0.25, 0.3) is 11.4 Å². The molecule has 0 radical (unpaired) electrons. The maximum Gasteiger partial charge on any atom is 0.335 e.